The number of halogens is 1. The maximum Gasteiger partial charge on any atom is 0.220 e. The highest BCUT2D eigenvalue weighted by Gasteiger charge is 2.48. The number of carbonyl (C=O) groups excluding carboxylic acids is 1. The molecule has 0 spiro atoms. The van der Waals surface area contributed by atoms with Gasteiger partial charge in [-0.15, -0.1) is 0 Å². The largest absolute Gasteiger partial charge is 0.353 e. The Labute approximate surface area is 125 Å². The van der Waals surface area contributed by atoms with Gasteiger partial charge in [0.2, 0.25) is 5.91 Å². The second-order valence-electron chi connectivity index (χ2n) is 6.78. The summed E-state index contributed by atoms with van der Waals surface area (Å²) in [4.78, 5) is 11.9. The summed E-state index contributed by atoms with van der Waals surface area (Å²) in [6, 6.07) is 0.183. The molecule has 0 saturated carbocycles. The molecule has 1 fully saturated rings. The normalized spacial score (nSPS) is 23.3. The van der Waals surface area contributed by atoms with Crippen LogP contribution in [0.25, 0.3) is 0 Å². The van der Waals surface area contributed by atoms with Crippen molar-refractivity contribution in [3.8, 4) is 0 Å². The van der Waals surface area contributed by atoms with Crippen molar-refractivity contribution in [1.82, 2.24) is 10.4 Å². The Morgan fingerprint density at radius 2 is 1.79 bits per heavy atom. The van der Waals surface area contributed by atoms with Crippen LogP contribution in [0.1, 0.15) is 59.8 Å². The second-order valence-corrected chi connectivity index (χ2v) is 7.57. The molecule has 112 valence electrons. The van der Waals surface area contributed by atoms with Gasteiger partial charge in [-0.2, -0.15) is 0 Å². The minimum Gasteiger partial charge on any atom is -0.353 e. The summed E-state index contributed by atoms with van der Waals surface area (Å²) in [5, 5.41) is 14.0. The number of piperidine rings is 1. The number of nitrogens with one attached hydrogen (secondary N) is 1. The van der Waals surface area contributed by atoms with Gasteiger partial charge >= 0.3 is 0 Å². The molecule has 1 amide bonds. The number of unbranched alkanes of at least 4 members (excludes halogenated alkanes) is 1. The highest BCUT2D eigenvalue weighted by atomic mass is 79.9. The molecule has 1 rings (SSSR count). The van der Waals surface area contributed by atoms with E-state index in [9.17, 15) is 4.79 Å². The number of hydroxylamine groups is 2. The fraction of sp³-hybridized carbons (Fsp3) is 0.929. The molecule has 1 heterocycles. The first kappa shape index (κ1) is 16.9. The molecule has 0 aromatic rings. The molecule has 0 radical (unpaired) electrons. The van der Waals surface area contributed by atoms with E-state index in [-0.39, 0.29) is 23.0 Å². The van der Waals surface area contributed by atoms with E-state index in [1.54, 1.807) is 5.06 Å². The second kappa shape index (κ2) is 6.55. The van der Waals surface area contributed by atoms with Crippen molar-refractivity contribution in [3.63, 3.8) is 0 Å². The summed E-state index contributed by atoms with van der Waals surface area (Å²) in [5.74, 6) is 0.149. The number of amides is 1. The van der Waals surface area contributed by atoms with Gasteiger partial charge in [0.15, 0.2) is 0 Å². The number of rotatable bonds is 5. The minimum absolute atomic E-state index is 0.149. The summed E-state index contributed by atoms with van der Waals surface area (Å²) < 4.78 is 0. The van der Waals surface area contributed by atoms with E-state index in [4.69, 9.17) is 5.21 Å². The molecule has 0 aliphatic carbocycles. The molecule has 0 atom stereocenters. The van der Waals surface area contributed by atoms with Crippen LogP contribution in [-0.2, 0) is 4.79 Å². The van der Waals surface area contributed by atoms with Crippen molar-refractivity contribution in [1.29, 1.82) is 0 Å². The Morgan fingerprint density at radius 3 is 2.26 bits per heavy atom. The smallest absolute Gasteiger partial charge is 0.220 e. The fourth-order valence-corrected chi connectivity index (χ4v) is 3.46. The van der Waals surface area contributed by atoms with Crippen LogP contribution in [0, 0.1) is 0 Å². The molecule has 0 aromatic carbocycles. The van der Waals surface area contributed by atoms with E-state index in [1.807, 2.05) is 0 Å². The van der Waals surface area contributed by atoms with Crippen molar-refractivity contribution in [2.45, 2.75) is 76.9 Å². The quantitative estimate of drug-likeness (QED) is 0.476. The third-order valence-electron chi connectivity index (χ3n) is 3.86. The van der Waals surface area contributed by atoms with Gasteiger partial charge in [-0.25, -0.2) is 0 Å². The van der Waals surface area contributed by atoms with Gasteiger partial charge in [-0.1, -0.05) is 21.0 Å². The number of alkyl halides is 1. The molecule has 1 saturated heterocycles. The Kier molecular flexibility index (Phi) is 5.83. The third kappa shape index (κ3) is 4.72. The molecule has 5 heteroatoms. The maximum absolute atomic E-state index is 11.9. The fourth-order valence-electron chi connectivity index (χ4n) is 3.06. The molecule has 0 aromatic heterocycles. The zero-order chi connectivity index (χ0) is 14.7. The van der Waals surface area contributed by atoms with Crippen molar-refractivity contribution in [3.05, 3.63) is 0 Å². The summed E-state index contributed by atoms with van der Waals surface area (Å²) in [6.45, 7) is 8.30. The zero-order valence-corrected chi connectivity index (χ0v) is 14.1. The Morgan fingerprint density at radius 1 is 1.26 bits per heavy atom. The van der Waals surface area contributed by atoms with Crippen LogP contribution in [-0.4, -0.2) is 38.6 Å². The maximum atomic E-state index is 11.9. The Hall–Kier alpha value is -0.130. The number of nitrogens with zero attached hydrogens (tertiary/aromatic N) is 1. The predicted molar refractivity (Wildman–Crippen MR) is 82.4 cm³/mol. The van der Waals surface area contributed by atoms with Crippen LogP contribution in [0.4, 0.5) is 0 Å². The van der Waals surface area contributed by atoms with Gasteiger partial charge in [-0.3, -0.25) is 4.79 Å². The van der Waals surface area contributed by atoms with E-state index < -0.39 is 0 Å². The van der Waals surface area contributed by atoms with Crippen LogP contribution >= 0.6 is 15.9 Å². The van der Waals surface area contributed by atoms with E-state index in [2.05, 4.69) is 48.9 Å². The molecular formula is C14H28BrN2O2+. The molecule has 1 aliphatic heterocycles. The third-order valence-corrected chi connectivity index (χ3v) is 4.42. The first-order valence-corrected chi connectivity index (χ1v) is 8.18. The lowest BCUT2D eigenvalue weighted by atomic mass is 9.79. The van der Waals surface area contributed by atoms with Crippen molar-refractivity contribution >= 4 is 21.8 Å². The van der Waals surface area contributed by atoms with Gasteiger partial charge in [0, 0.05) is 17.8 Å². The molecule has 1 aliphatic rings. The first-order valence-electron chi connectivity index (χ1n) is 7.06. The zero-order valence-electron chi connectivity index (χ0n) is 12.6. The Bertz CT molecular complexity index is 301. The molecule has 3 N–H and O–H groups in total. The van der Waals surface area contributed by atoms with Crippen LogP contribution in [0.15, 0.2) is 0 Å². The standard InChI is InChI=1S/C14H27BrN2O2/c1-13(2)9-11(10-14(3,4)17(13)19)16-12(18)7-5-6-8-15/h11,19H,5-10H2,1-4H3,(H,16,18)/p+1. The van der Waals surface area contributed by atoms with Gasteiger partial charge < -0.3 is 10.5 Å². The van der Waals surface area contributed by atoms with Gasteiger partial charge in [0.05, 0.1) is 11.1 Å². The van der Waals surface area contributed by atoms with E-state index in [0.29, 0.717) is 6.42 Å². The number of hydrogen-bond donors (Lipinski definition) is 1. The molecule has 4 nitrogen and oxygen atoms in total. The van der Waals surface area contributed by atoms with Crippen LogP contribution in [0.5, 0.6) is 0 Å². The Balaban J connectivity index is 2.53. The topological polar surface area (TPSA) is 55.2 Å². The van der Waals surface area contributed by atoms with Crippen LogP contribution in [0.2, 0.25) is 0 Å². The predicted octanol–water partition coefficient (Wildman–Crippen LogP) is 2.33. The van der Waals surface area contributed by atoms with E-state index in [1.165, 1.54) is 0 Å². The lowest BCUT2D eigenvalue weighted by Crippen LogP contribution is -2.62. The number of carbonyl (C=O) groups is 1. The molecular weight excluding hydrogens is 308 g/mol. The highest BCUT2D eigenvalue weighted by Crippen LogP contribution is 2.36. The van der Waals surface area contributed by atoms with Crippen molar-refractivity contribution < 1.29 is 10.0 Å². The lowest BCUT2D eigenvalue weighted by molar-refractivity contribution is -0.246. The number of hydrogen-bond acceptors (Lipinski definition) is 2. The van der Waals surface area contributed by atoms with Gasteiger partial charge in [-0.05, 0) is 53.4 Å². The summed E-state index contributed by atoms with van der Waals surface area (Å²) in [7, 11) is 0. The van der Waals surface area contributed by atoms with E-state index in [0.717, 1.165) is 31.0 Å². The average Bonchev–Trinajstić information content (AvgIpc) is 2.25. The summed E-state index contributed by atoms with van der Waals surface area (Å²) >= 11 is 3.38. The summed E-state index contributed by atoms with van der Waals surface area (Å²) in [6.07, 6.45) is 4.25. The molecule has 19 heavy (non-hydrogen) atoms. The van der Waals surface area contributed by atoms with Crippen molar-refractivity contribution in [2.24, 2.45) is 0 Å². The monoisotopic (exact) mass is 335 g/mol. The molecule has 0 unspecified atom stereocenters. The van der Waals surface area contributed by atoms with Gasteiger partial charge in [0.25, 0.3) is 0 Å². The minimum atomic E-state index is -0.199. The van der Waals surface area contributed by atoms with Crippen molar-refractivity contribution in [2.75, 3.05) is 5.33 Å². The van der Waals surface area contributed by atoms with Crippen LogP contribution < -0.4 is 5.32 Å². The van der Waals surface area contributed by atoms with Crippen LogP contribution in [0.3, 0.4) is 0 Å². The van der Waals surface area contributed by atoms with E-state index >= 15 is 0 Å². The molecule has 0 bridgehead atoms. The highest BCUT2D eigenvalue weighted by molar-refractivity contribution is 9.09. The average molecular weight is 336 g/mol. The first-order chi connectivity index (χ1) is 8.69. The lowest BCUT2D eigenvalue weighted by Gasteiger charge is -2.47. The van der Waals surface area contributed by atoms with Gasteiger partial charge in [0.1, 0.15) is 0 Å². The SMILES string of the molecule is CC1(C)CC(NC(=O)CCCCBr)CC(C)(C)N1[OH2+]. The summed E-state index contributed by atoms with van der Waals surface area (Å²) in [5.41, 5.74) is -0.398.